The second kappa shape index (κ2) is 4.57. The molecule has 0 aliphatic carbocycles. The van der Waals surface area contributed by atoms with Crippen molar-refractivity contribution in [2.24, 2.45) is 0 Å². The van der Waals surface area contributed by atoms with Crippen molar-refractivity contribution in [3.63, 3.8) is 0 Å². The molecule has 0 aliphatic rings. The van der Waals surface area contributed by atoms with Gasteiger partial charge in [0, 0.05) is 23.2 Å². The summed E-state index contributed by atoms with van der Waals surface area (Å²) in [7, 11) is 0. The Morgan fingerprint density at radius 2 is 1.15 bits per heavy atom. The van der Waals surface area contributed by atoms with Gasteiger partial charge in [0.15, 0.2) is 0 Å². The molecule has 6 heterocycles. The minimum atomic E-state index is 0.0804. The molecule has 0 bridgehead atoms. The Balaban J connectivity index is 2.00. The molecule has 2 N–H and O–H groups in total. The zero-order valence-corrected chi connectivity index (χ0v) is 16.1. The fourth-order valence-electron chi connectivity index (χ4n) is 3.91. The van der Waals surface area contributed by atoms with Crippen molar-refractivity contribution in [3.05, 3.63) is 45.9 Å². The standard InChI is InChI=1S/C18H8Br2N4O2/c19-11-5-7-9(21-11)1-3-23-15(7)13-14(17(23)25)16-8-6-12(20)22-10(8)2-4-24(16)18(13)26/h1-6,25-26H. The molecule has 0 radical (unpaired) electrons. The van der Waals surface area contributed by atoms with E-state index in [-0.39, 0.29) is 11.8 Å². The van der Waals surface area contributed by atoms with E-state index in [4.69, 9.17) is 0 Å². The third kappa shape index (κ3) is 1.57. The number of aromatic nitrogens is 4. The second-order valence-electron chi connectivity index (χ2n) is 6.22. The van der Waals surface area contributed by atoms with Crippen LogP contribution in [0.5, 0.6) is 11.8 Å². The van der Waals surface area contributed by atoms with Gasteiger partial charge in [-0.25, -0.2) is 9.97 Å². The fraction of sp³-hybridized carbons (Fsp3) is 0. The van der Waals surface area contributed by atoms with Gasteiger partial charge in [0.05, 0.1) is 32.8 Å². The highest BCUT2D eigenvalue weighted by molar-refractivity contribution is 9.10. The lowest BCUT2D eigenvalue weighted by Gasteiger charge is -2.02. The monoisotopic (exact) mass is 470 g/mol. The summed E-state index contributed by atoms with van der Waals surface area (Å²) >= 11 is 6.81. The second-order valence-corrected chi connectivity index (χ2v) is 7.85. The largest absolute Gasteiger partial charge is 0.494 e. The van der Waals surface area contributed by atoms with Gasteiger partial charge in [-0.05, 0) is 56.1 Å². The first-order valence-corrected chi connectivity index (χ1v) is 9.37. The molecule has 0 fully saturated rings. The molecule has 126 valence electrons. The number of fused-ring (bicyclic) bond motifs is 9. The molecule has 8 heteroatoms. The van der Waals surface area contributed by atoms with Crippen LogP contribution in [0.4, 0.5) is 0 Å². The van der Waals surface area contributed by atoms with Gasteiger partial charge in [0.1, 0.15) is 9.21 Å². The summed E-state index contributed by atoms with van der Waals surface area (Å²) in [4.78, 5) is 8.87. The topological polar surface area (TPSA) is 75.1 Å². The number of rotatable bonds is 0. The van der Waals surface area contributed by atoms with Gasteiger partial charge < -0.3 is 10.2 Å². The number of nitrogens with zero attached hydrogens (tertiary/aromatic N) is 4. The highest BCUT2D eigenvalue weighted by atomic mass is 79.9. The Bertz CT molecular complexity index is 1420. The first-order chi connectivity index (χ1) is 12.5. The molecule has 6 aromatic rings. The maximum Gasteiger partial charge on any atom is 0.206 e. The van der Waals surface area contributed by atoms with Crippen LogP contribution in [0.3, 0.4) is 0 Å². The maximum atomic E-state index is 11.0. The van der Waals surface area contributed by atoms with E-state index in [9.17, 15) is 10.2 Å². The van der Waals surface area contributed by atoms with Crippen LogP contribution in [0.25, 0.3) is 43.6 Å². The van der Waals surface area contributed by atoms with Crippen LogP contribution >= 0.6 is 31.9 Å². The van der Waals surface area contributed by atoms with E-state index >= 15 is 0 Å². The van der Waals surface area contributed by atoms with Crippen LogP contribution in [0.15, 0.2) is 45.9 Å². The van der Waals surface area contributed by atoms with Gasteiger partial charge in [-0.1, -0.05) is 0 Å². The van der Waals surface area contributed by atoms with E-state index in [1.54, 1.807) is 21.2 Å². The Labute approximate surface area is 161 Å². The van der Waals surface area contributed by atoms with Crippen LogP contribution in [-0.2, 0) is 0 Å². The zero-order valence-electron chi connectivity index (χ0n) is 12.9. The van der Waals surface area contributed by atoms with E-state index in [1.165, 1.54) is 0 Å². The Morgan fingerprint density at radius 1 is 0.731 bits per heavy atom. The van der Waals surface area contributed by atoms with Crippen molar-refractivity contribution in [1.82, 2.24) is 18.8 Å². The van der Waals surface area contributed by atoms with Gasteiger partial charge in [-0.2, -0.15) is 0 Å². The third-order valence-corrected chi connectivity index (χ3v) is 5.73. The van der Waals surface area contributed by atoms with Crippen molar-refractivity contribution in [3.8, 4) is 11.8 Å². The first-order valence-electron chi connectivity index (χ1n) is 7.78. The van der Waals surface area contributed by atoms with Crippen molar-refractivity contribution in [2.75, 3.05) is 0 Å². The smallest absolute Gasteiger partial charge is 0.206 e. The van der Waals surface area contributed by atoms with E-state index in [0.717, 1.165) is 32.8 Å². The third-order valence-electron chi connectivity index (χ3n) is 4.92. The number of hydrogen-bond donors (Lipinski definition) is 2. The molecule has 6 rings (SSSR count). The average molecular weight is 472 g/mol. The summed E-state index contributed by atoms with van der Waals surface area (Å²) in [6.07, 6.45) is 3.53. The summed E-state index contributed by atoms with van der Waals surface area (Å²) in [6, 6.07) is 7.46. The lowest BCUT2D eigenvalue weighted by Crippen LogP contribution is -1.87. The highest BCUT2D eigenvalue weighted by Gasteiger charge is 2.25. The maximum absolute atomic E-state index is 11.0. The van der Waals surface area contributed by atoms with Gasteiger partial charge in [0.25, 0.3) is 0 Å². The molecular formula is C18H8Br2N4O2. The van der Waals surface area contributed by atoms with Gasteiger partial charge in [-0.15, -0.1) is 0 Å². The van der Waals surface area contributed by atoms with Crippen LogP contribution < -0.4 is 0 Å². The molecule has 0 unspecified atom stereocenters. The molecule has 0 saturated carbocycles. The predicted molar refractivity (Wildman–Crippen MR) is 106 cm³/mol. The molecular weight excluding hydrogens is 464 g/mol. The van der Waals surface area contributed by atoms with Gasteiger partial charge >= 0.3 is 0 Å². The molecule has 0 aliphatic heterocycles. The van der Waals surface area contributed by atoms with Crippen molar-refractivity contribution in [2.45, 2.75) is 0 Å². The molecule has 0 amide bonds. The van der Waals surface area contributed by atoms with Crippen LogP contribution in [-0.4, -0.2) is 29.0 Å². The lowest BCUT2D eigenvalue weighted by molar-refractivity contribution is 0.455. The van der Waals surface area contributed by atoms with Crippen LogP contribution in [0.2, 0.25) is 0 Å². The predicted octanol–water partition coefficient (Wildman–Crippen LogP) is 4.82. The van der Waals surface area contributed by atoms with Crippen molar-refractivity contribution in [1.29, 1.82) is 0 Å². The summed E-state index contributed by atoms with van der Waals surface area (Å²) in [5, 5.41) is 24.8. The van der Waals surface area contributed by atoms with Gasteiger partial charge in [0.2, 0.25) is 11.8 Å². The van der Waals surface area contributed by atoms with Gasteiger partial charge in [-0.3, -0.25) is 8.80 Å². The van der Waals surface area contributed by atoms with Crippen molar-refractivity contribution < 1.29 is 10.2 Å². The van der Waals surface area contributed by atoms with E-state index in [1.807, 2.05) is 24.3 Å². The number of aromatic hydroxyl groups is 2. The Morgan fingerprint density at radius 3 is 1.58 bits per heavy atom. The zero-order chi connectivity index (χ0) is 17.7. The summed E-state index contributed by atoms with van der Waals surface area (Å²) in [5.41, 5.74) is 3.03. The molecule has 6 nitrogen and oxygen atoms in total. The van der Waals surface area contributed by atoms with E-state index in [2.05, 4.69) is 41.8 Å². The number of hydrogen-bond acceptors (Lipinski definition) is 4. The van der Waals surface area contributed by atoms with Crippen molar-refractivity contribution >= 4 is 75.5 Å². The van der Waals surface area contributed by atoms with E-state index in [0.29, 0.717) is 20.0 Å². The number of pyridine rings is 2. The SMILES string of the molecule is Oc1c2c(c(O)n3ccc4nc(Br)cc4c23)c2c3cc(Br)nc3ccn12. The molecule has 0 saturated heterocycles. The normalized spacial score (nSPS) is 12.5. The Kier molecular flexibility index (Phi) is 2.56. The Hall–Kier alpha value is -2.58. The molecule has 26 heavy (non-hydrogen) atoms. The fourth-order valence-corrected chi connectivity index (χ4v) is 4.75. The molecule has 0 atom stereocenters. The van der Waals surface area contributed by atoms with E-state index < -0.39 is 0 Å². The summed E-state index contributed by atoms with van der Waals surface area (Å²) in [6.45, 7) is 0. The van der Waals surface area contributed by atoms with Crippen LogP contribution in [0.1, 0.15) is 0 Å². The molecule has 0 spiro atoms. The molecule has 6 aromatic heterocycles. The van der Waals surface area contributed by atoms with Crippen LogP contribution in [0, 0.1) is 0 Å². The minimum absolute atomic E-state index is 0.0804. The summed E-state index contributed by atoms with van der Waals surface area (Å²) in [5.74, 6) is 0.161. The quantitative estimate of drug-likeness (QED) is 0.333. The first kappa shape index (κ1) is 14.6. The molecule has 0 aromatic carbocycles. The minimum Gasteiger partial charge on any atom is -0.494 e. The lowest BCUT2D eigenvalue weighted by atomic mass is 10.2. The average Bonchev–Trinajstić information content (AvgIpc) is 3.30. The number of halogens is 2. The highest BCUT2D eigenvalue weighted by Crippen LogP contribution is 2.46. The summed E-state index contributed by atoms with van der Waals surface area (Å²) < 4.78 is 4.80.